The van der Waals surface area contributed by atoms with Crippen molar-refractivity contribution in [3.05, 3.63) is 0 Å². The van der Waals surface area contributed by atoms with Crippen LogP contribution in [0, 0.1) is 11.8 Å². The molecule has 0 N–H and O–H groups in total. The largest absolute Gasteiger partial charge is 0.375 e. The van der Waals surface area contributed by atoms with Gasteiger partial charge in [0.2, 0.25) is 0 Å². The lowest BCUT2D eigenvalue weighted by molar-refractivity contribution is -0.0251. The summed E-state index contributed by atoms with van der Waals surface area (Å²) in [6.45, 7) is 5.68. The van der Waals surface area contributed by atoms with Crippen LogP contribution in [0.2, 0.25) is 0 Å². The Kier molecular flexibility index (Phi) is 2.64. The van der Waals surface area contributed by atoms with Gasteiger partial charge in [0.15, 0.2) is 0 Å². The zero-order valence-corrected chi connectivity index (χ0v) is 9.01. The fourth-order valence-electron chi connectivity index (χ4n) is 2.85. The van der Waals surface area contributed by atoms with E-state index < -0.39 is 0 Å². The van der Waals surface area contributed by atoms with Gasteiger partial charge in [-0.3, -0.25) is 0 Å². The van der Waals surface area contributed by atoms with E-state index in [1.807, 2.05) is 0 Å². The summed E-state index contributed by atoms with van der Waals surface area (Å²) in [4.78, 5) is 0. The molecule has 1 heteroatoms. The van der Waals surface area contributed by atoms with Crippen LogP contribution in [0.15, 0.2) is 0 Å². The molecule has 0 bridgehead atoms. The van der Waals surface area contributed by atoms with Crippen molar-refractivity contribution in [2.24, 2.45) is 11.8 Å². The van der Waals surface area contributed by atoms with Gasteiger partial charge >= 0.3 is 0 Å². The first-order chi connectivity index (χ1) is 6.22. The monoisotopic (exact) mass is 182 g/mol. The van der Waals surface area contributed by atoms with Crippen molar-refractivity contribution in [2.45, 2.75) is 58.0 Å². The fourth-order valence-corrected chi connectivity index (χ4v) is 2.85. The van der Waals surface area contributed by atoms with Crippen molar-refractivity contribution >= 4 is 0 Å². The van der Waals surface area contributed by atoms with Crippen LogP contribution in [0.1, 0.15) is 52.4 Å². The topological polar surface area (TPSA) is 9.23 Å². The number of ether oxygens (including phenoxy) is 1. The Balaban J connectivity index is 1.94. The van der Waals surface area contributed by atoms with Crippen LogP contribution >= 0.6 is 0 Å². The summed E-state index contributed by atoms with van der Waals surface area (Å²) in [5.41, 5.74) is 0.327. The van der Waals surface area contributed by atoms with Crippen LogP contribution in [-0.2, 0) is 4.74 Å². The average Bonchev–Trinajstić information content (AvgIpc) is 2.51. The maximum Gasteiger partial charge on any atom is 0.0686 e. The lowest BCUT2D eigenvalue weighted by atomic mass is 9.78. The van der Waals surface area contributed by atoms with Gasteiger partial charge < -0.3 is 4.74 Å². The number of rotatable bonds is 1. The highest BCUT2D eigenvalue weighted by atomic mass is 16.5. The second kappa shape index (κ2) is 3.61. The predicted octanol–water partition coefficient (Wildman–Crippen LogP) is 3.38. The maximum atomic E-state index is 6.06. The molecule has 0 aromatic heterocycles. The lowest BCUT2D eigenvalue weighted by Gasteiger charge is -2.32. The normalized spacial score (nSPS) is 33.0. The second-order valence-corrected chi connectivity index (χ2v) is 5.26. The average molecular weight is 182 g/mol. The van der Waals surface area contributed by atoms with Crippen molar-refractivity contribution in [2.75, 3.05) is 6.61 Å². The van der Waals surface area contributed by atoms with Crippen molar-refractivity contribution in [3.63, 3.8) is 0 Å². The summed E-state index contributed by atoms with van der Waals surface area (Å²) < 4.78 is 6.06. The van der Waals surface area contributed by atoms with Crippen LogP contribution in [0.5, 0.6) is 0 Å². The molecule has 0 radical (unpaired) electrons. The molecule has 76 valence electrons. The van der Waals surface area contributed by atoms with Crippen molar-refractivity contribution < 1.29 is 4.74 Å². The molecule has 13 heavy (non-hydrogen) atoms. The highest BCUT2D eigenvalue weighted by Crippen LogP contribution is 2.43. The first-order valence-corrected chi connectivity index (χ1v) is 5.86. The van der Waals surface area contributed by atoms with Gasteiger partial charge in [-0.25, -0.2) is 0 Å². The summed E-state index contributed by atoms with van der Waals surface area (Å²) in [7, 11) is 0. The minimum absolute atomic E-state index is 0.327. The van der Waals surface area contributed by atoms with E-state index in [1.165, 1.54) is 38.5 Å². The van der Waals surface area contributed by atoms with Gasteiger partial charge in [-0.15, -0.1) is 0 Å². The standard InChI is InChI=1S/C12H22O/c1-10(2)11-8-12(13-9-11)6-4-3-5-7-12/h10-11H,3-9H2,1-2H3. The van der Waals surface area contributed by atoms with Crippen LogP contribution in [0.3, 0.4) is 0 Å². The van der Waals surface area contributed by atoms with Gasteiger partial charge in [-0.2, -0.15) is 0 Å². The van der Waals surface area contributed by atoms with Gasteiger partial charge in [-0.05, 0) is 31.1 Å². The molecule has 0 aromatic rings. The zero-order chi connectivity index (χ0) is 9.31. The van der Waals surface area contributed by atoms with E-state index in [0.717, 1.165) is 18.4 Å². The van der Waals surface area contributed by atoms with Gasteiger partial charge in [0.05, 0.1) is 12.2 Å². The van der Waals surface area contributed by atoms with Gasteiger partial charge in [0, 0.05) is 0 Å². The molecule has 0 amide bonds. The molecule has 1 aliphatic heterocycles. The smallest absolute Gasteiger partial charge is 0.0686 e. The SMILES string of the molecule is CC(C)C1COC2(CCCCC2)C1. The van der Waals surface area contributed by atoms with Crippen molar-refractivity contribution in [1.82, 2.24) is 0 Å². The molecule has 1 saturated carbocycles. The van der Waals surface area contributed by atoms with Crippen molar-refractivity contribution in [3.8, 4) is 0 Å². The van der Waals surface area contributed by atoms with E-state index >= 15 is 0 Å². The number of hydrogen-bond acceptors (Lipinski definition) is 1. The third kappa shape index (κ3) is 1.90. The molecule has 0 aromatic carbocycles. The first-order valence-electron chi connectivity index (χ1n) is 5.86. The van der Waals surface area contributed by atoms with E-state index in [0.29, 0.717) is 5.60 Å². The number of hydrogen-bond donors (Lipinski definition) is 0. The molecule has 2 fully saturated rings. The highest BCUT2D eigenvalue weighted by Gasteiger charge is 2.41. The Morgan fingerprint density at radius 1 is 1.15 bits per heavy atom. The molecule has 1 nitrogen and oxygen atoms in total. The molecule has 1 unspecified atom stereocenters. The van der Waals surface area contributed by atoms with Crippen LogP contribution in [0.25, 0.3) is 0 Å². The van der Waals surface area contributed by atoms with Crippen LogP contribution in [0.4, 0.5) is 0 Å². The molecule has 1 saturated heterocycles. The van der Waals surface area contributed by atoms with E-state index in [2.05, 4.69) is 13.8 Å². The third-order valence-electron chi connectivity index (χ3n) is 3.95. The summed E-state index contributed by atoms with van der Waals surface area (Å²) in [6, 6.07) is 0. The van der Waals surface area contributed by atoms with Gasteiger partial charge in [0.1, 0.15) is 0 Å². The van der Waals surface area contributed by atoms with Gasteiger partial charge in [0.25, 0.3) is 0 Å². The molecular formula is C12H22O. The Bertz CT molecular complexity index is 168. The third-order valence-corrected chi connectivity index (χ3v) is 3.95. The van der Waals surface area contributed by atoms with E-state index in [-0.39, 0.29) is 0 Å². The Labute approximate surface area is 81.9 Å². The van der Waals surface area contributed by atoms with E-state index in [1.54, 1.807) is 0 Å². The van der Waals surface area contributed by atoms with Gasteiger partial charge in [-0.1, -0.05) is 33.1 Å². The Morgan fingerprint density at radius 3 is 2.38 bits per heavy atom. The summed E-state index contributed by atoms with van der Waals surface area (Å²) in [5.74, 6) is 1.64. The molecule has 1 aliphatic carbocycles. The summed E-state index contributed by atoms with van der Waals surface area (Å²) >= 11 is 0. The predicted molar refractivity (Wildman–Crippen MR) is 54.7 cm³/mol. The fraction of sp³-hybridized carbons (Fsp3) is 1.00. The first kappa shape index (κ1) is 9.51. The maximum absolute atomic E-state index is 6.06. The molecule has 1 heterocycles. The quantitative estimate of drug-likeness (QED) is 0.604. The molecule has 2 aliphatic rings. The van der Waals surface area contributed by atoms with E-state index in [4.69, 9.17) is 4.74 Å². The minimum Gasteiger partial charge on any atom is -0.375 e. The van der Waals surface area contributed by atoms with Crippen molar-refractivity contribution in [1.29, 1.82) is 0 Å². The minimum atomic E-state index is 0.327. The Hall–Kier alpha value is -0.0400. The molecular weight excluding hydrogens is 160 g/mol. The van der Waals surface area contributed by atoms with Crippen LogP contribution < -0.4 is 0 Å². The highest BCUT2D eigenvalue weighted by molar-refractivity contribution is 4.92. The second-order valence-electron chi connectivity index (χ2n) is 5.26. The summed E-state index contributed by atoms with van der Waals surface area (Å²) in [5, 5.41) is 0. The molecule has 1 atom stereocenters. The summed E-state index contributed by atoms with van der Waals surface area (Å²) in [6.07, 6.45) is 8.21. The Morgan fingerprint density at radius 2 is 1.85 bits per heavy atom. The van der Waals surface area contributed by atoms with Crippen LogP contribution in [-0.4, -0.2) is 12.2 Å². The molecule has 1 spiro atoms. The lowest BCUT2D eigenvalue weighted by Crippen LogP contribution is -2.30. The zero-order valence-electron chi connectivity index (χ0n) is 9.01. The van der Waals surface area contributed by atoms with E-state index in [9.17, 15) is 0 Å². The molecule has 2 rings (SSSR count).